The molecular formula is C43H62N10O11Si2. The second kappa shape index (κ2) is 18.6. The maximum Gasteiger partial charge on any atom is 0.335 e. The highest BCUT2D eigenvalue weighted by Crippen LogP contribution is 2.52. The molecule has 2 unspecified atom stereocenters. The van der Waals surface area contributed by atoms with Gasteiger partial charge in [0.1, 0.15) is 53.8 Å². The number of nitrogens with zero attached hydrogens (tertiary/aromatic N) is 8. The quantitative estimate of drug-likeness (QED) is 0.103. The molecule has 4 saturated heterocycles. The van der Waals surface area contributed by atoms with Gasteiger partial charge in [0.2, 0.25) is 0 Å². The zero-order valence-electron chi connectivity index (χ0n) is 38.5. The highest BCUT2D eigenvalue weighted by Gasteiger charge is 2.66. The number of carbonyl (C=O) groups excluding carboxylic acids is 1. The number of benzene rings is 1. The number of aromatic nitrogens is 8. The van der Waals surface area contributed by atoms with Crippen LogP contribution >= 0.6 is 0 Å². The standard InChI is InChI=1S/C31H47N5O7Si2.C12H15N5O4/c1-19(2)44(20(3)4)40-16-24-26(42-45(43-44,21(5)6)22(7)8)31(39,14-15-37)30(41-24)36-18-34-25-27(32-17-33-28(25)36)35-29(38)23-12-10-9-11-13-23;13-9-7-10(15-4-14-9)17(5-16-7)11-12(1-2-20-12)8(19)6(3-18)21-11/h9-13,17-22,24,26,30,37,39H,14-16H2,1-8H3,(H,32,33,35,38);4-6,8,11,18-19H,1-3H2,(H2,13,14,15)/t24-,26-,30?,31-;6-,8-,11?,12-/m11/s1. The van der Waals surface area contributed by atoms with Gasteiger partial charge in [-0.2, -0.15) is 0 Å². The molecule has 9 rings (SSSR count). The molecule has 66 heavy (non-hydrogen) atoms. The zero-order chi connectivity index (χ0) is 47.3. The predicted molar refractivity (Wildman–Crippen MR) is 244 cm³/mol. The SMILES string of the molecule is CC(C)[Si]1(C(C)C)OC[C@H]2OC(n3cnc4c(NC(=O)c5ccccc5)ncnc43)[C@@](O)(CCO)[C@@H]2O[Si](C(C)C)(C(C)C)O1.Nc1ncnc2c1ncn2C1O[C@H](CO)[C@@H](O)[C@]12CCO2. The second-order valence-corrected chi connectivity index (χ2v) is 27.5. The van der Waals surface area contributed by atoms with Crippen LogP contribution < -0.4 is 11.1 Å². The molecular weight excluding hydrogens is 889 g/mol. The summed E-state index contributed by atoms with van der Waals surface area (Å²) in [7, 11) is -5.94. The molecule has 0 saturated carbocycles. The van der Waals surface area contributed by atoms with E-state index in [2.05, 4.69) is 90.6 Å². The lowest BCUT2D eigenvalue weighted by Crippen LogP contribution is -2.67. The van der Waals surface area contributed by atoms with Crippen LogP contribution in [0.4, 0.5) is 11.6 Å². The molecule has 7 N–H and O–H groups in total. The minimum Gasteiger partial charge on any atom is -0.414 e. The highest BCUT2D eigenvalue weighted by atomic mass is 28.5. The van der Waals surface area contributed by atoms with Crippen LogP contribution in [0, 0.1) is 0 Å². The van der Waals surface area contributed by atoms with Gasteiger partial charge in [0, 0.05) is 25.0 Å². The molecule has 21 nitrogen and oxygen atoms in total. The van der Waals surface area contributed by atoms with Crippen molar-refractivity contribution in [3.05, 3.63) is 61.2 Å². The van der Waals surface area contributed by atoms with E-state index >= 15 is 0 Å². The molecule has 0 aliphatic carbocycles. The number of nitrogens with two attached hydrogens (primary N) is 1. The van der Waals surface area contributed by atoms with Crippen LogP contribution in [0.25, 0.3) is 22.3 Å². The van der Waals surface area contributed by atoms with E-state index in [4.69, 9.17) is 32.9 Å². The third kappa shape index (κ3) is 7.94. The maximum absolute atomic E-state index is 12.9. The number of fused-ring (bicyclic) bond motifs is 3. The van der Waals surface area contributed by atoms with Crippen molar-refractivity contribution < 1.29 is 52.4 Å². The summed E-state index contributed by atoms with van der Waals surface area (Å²) in [6, 6.07) is 8.82. The number of amides is 1. The van der Waals surface area contributed by atoms with Crippen LogP contribution in [-0.4, -0.2) is 145 Å². The predicted octanol–water partition coefficient (Wildman–Crippen LogP) is 3.86. The van der Waals surface area contributed by atoms with E-state index < -0.39 is 65.2 Å². The summed E-state index contributed by atoms with van der Waals surface area (Å²) >= 11 is 0. The van der Waals surface area contributed by atoms with Crippen molar-refractivity contribution in [2.75, 3.05) is 37.5 Å². The Hall–Kier alpha value is -4.38. The summed E-state index contributed by atoms with van der Waals surface area (Å²) in [5, 5.41) is 45.3. The first kappa shape index (κ1) is 48.1. The summed E-state index contributed by atoms with van der Waals surface area (Å²) in [4.78, 5) is 38.5. The van der Waals surface area contributed by atoms with Crippen molar-refractivity contribution in [2.45, 2.75) is 138 Å². The molecule has 4 aromatic heterocycles. The Balaban J connectivity index is 0.000000233. The van der Waals surface area contributed by atoms with Gasteiger partial charge in [0.25, 0.3) is 5.91 Å². The van der Waals surface area contributed by atoms with Crippen LogP contribution in [-0.2, 0) is 27.2 Å². The third-order valence-electron chi connectivity index (χ3n) is 13.5. The van der Waals surface area contributed by atoms with Crippen molar-refractivity contribution in [3.8, 4) is 0 Å². The smallest absolute Gasteiger partial charge is 0.335 e. The molecule has 0 bridgehead atoms. The van der Waals surface area contributed by atoms with E-state index in [9.17, 15) is 25.2 Å². The van der Waals surface area contributed by atoms with Crippen LogP contribution in [0.2, 0.25) is 22.2 Å². The zero-order valence-corrected chi connectivity index (χ0v) is 40.5. The Labute approximate surface area is 384 Å². The van der Waals surface area contributed by atoms with Gasteiger partial charge >= 0.3 is 17.1 Å². The van der Waals surface area contributed by atoms with E-state index in [1.54, 1.807) is 33.4 Å². The number of hydrogen-bond donors (Lipinski definition) is 6. The Morgan fingerprint density at radius 1 is 0.848 bits per heavy atom. The van der Waals surface area contributed by atoms with Gasteiger partial charge < -0.3 is 58.7 Å². The Morgan fingerprint density at radius 2 is 1.45 bits per heavy atom. The number of hydrogen-bond acceptors (Lipinski definition) is 18. The minimum absolute atomic E-state index is 0.0290. The lowest BCUT2D eigenvalue weighted by Gasteiger charge is -2.52. The van der Waals surface area contributed by atoms with Gasteiger partial charge in [-0.3, -0.25) is 13.9 Å². The molecule has 4 aliphatic rings. The van der Waals surface area contributed by atoms with Gasteiger partial charge in [-0.05, 0) is 34.3 Å². The highest BCUT2D eigenvalue weighted by molar-refractivity contribution is 6.84. The number of imidazole rings is 2. The average Bonchev–Trinajstić information content (AvgIpc) is 4.03. The van der Waals surface area contributed by atoms with Gasteiger partial charge in [-0.25, -0.2) is 29.9 Å². The van der Waals surface area contributed by atoms with Crippen molar-refractivity contribution >= 4 is 57.0 Å². The van der Waals surface area contributed by atoms with Gasteiger partial charge in [0.05, 0.1) is 32.5 Å². The van der Waals surface area contributed by atoms with E-state index in [-0.39, 0.29) is 65.9 Å². The summed E-state index contributed by atoms with van der Waals surface area (Å²) in [5.41, 5.74) is 5.73. The first-order valence-corrected chi connectivity index (χ1v) is 26.5. The molecule has 1 amide bonds. The van der Waals surface area contributed by atoms with E-state index in [1.165, 1.54) is 25.3 Å². The largest absolute Gasteiger partial charge is 0.414 e. The first-order valence-electron chi connectivity index (χ1n) is 22.5. The summed E-state index contributed by atoms with van der Waals surface area (Å²) in [5.74, 6) is 0.167. The van der Waals surface area contributed by atoms with Crippen LogP contribution in [0.5, 0.6) is 0 Å². The molecule has 8 heterocycles. The number of aliphatic hydroxyl groups is 4. The van der Waals surface area contributed by atoms with Gasteiger partial charge in [0.15, 0.2) is 40.9 Å². The molecule has 4 fully saturated rings. The molecule has 4 aliphatic heterocycles. The number of anilines is 2. The Bertz CT molecular complexity index is 2480. The topological polar surface area (TPSA) is 279 Å². The van der Waals surface area contributed by atoms with E-state index in [1.807, 2.05) is 6.07 Å². The molecule has 8 atom stereocenters. The molecule has 1 spiro atoms. The van der Waals surface area contributed by atoms with Crippen molar-refractivity contribution in [2.24, 2.45) is 0 Å². The van der Waals surface area contributed by atoms with Crippen LogP contribution in [0.1, 0.15) is 91.0 Å². The molecule has 5 aromatic rings. The number of rotatable bonds is 11. The fourth-order valence-corrected chi connectivity index (χ4v) is 21.2. The maximum atomic E-state index is 12.9. The number of aliphatic hydroxyl groups excluding tert-OH is 3. The Kier molecular flexibility index (Phi) is 13.6. The minimum atomic E-state index is -3.10. The fourth-order valence-electron chi connectivity index (χ4n) is 9.95. The summed E-state index contributed by atoms with van der Waals surface area (Å²) < 4.78 is 42.7. The normalized spacial score (nSPS) is 29.3. The molecule has 23 heteroatoms. The first-order chi connectivity index (χ1) is 31.5. The number of carbonyl (C=O) groups is 1. The Morgan fingerprint density at radius 3 is 2.05 bits per heavy atom. The molecule has 358 valence electrons. The summed E-state index contributed by atoms with van der Waals surface area (Å²) in [6.45, 7) is 17.2. The van der Waals surface area contributed by atoms with E-state index in [0.29, 0.717) is 40.9 Å². The fraction of sp³-hybridized carbons (Fsp3) is 0.605. The van der Waals surface area contributed by atoms with Crippen molar-refractivity contribution in [3.63, 3.8) is 0 Å². The van der Waals surface area contributed by atoms with Crippen LogP contribution in [0.15, 0.2) is 55.6 Å². The molecule has 0 radical (unpaired) electrons. The number of nitrogen functional groups attached to an aromatic ring is 1. The lowest BCUT2D eigenvalue weighted by molar-refractivity contribution is -0.225. The van der Waals surface area contributed by atoms with E-state index in [0.717, 1.165) is 0 Å². The average molecular weight is 951 g/mol. The van der Waals surface area contributed by atoms with Crippen molar-refractivity contribution in [1.82, 2.24) is 39.0 Å². The summed E-state index contributed by atoms with van der Waals surface area (Å²) in [6.07, 6.45) is 1.58. The third-order valence-corrected chi connectivity index (χ3v) is 23.8. The van der Waals surface area contributed by atoms with Gasteiger partial charge in [-0.1, -0.05) is 73.6 Å². The molecule has 1 aromatic carbocycles. The lowest BCUT2D eigenvalue weighted by atomic mass is 9.86. The van der Waals surface area contributed by atoms with Crippen LogP contribution in [0.3, 0.4) is 0 Å². The number of ether oxygens (including phenoxy) is 3. The monoisotopic (exact) mass is 950 g/mol. The second-order valence-electron chi connectivity index (χ2n) is 18.7. The van der Waals surface area contributed by atoms with Gasteiger partial charge in [-0.15, -0.1) is 0 Å². The number of nitrogens with one attached hydrogen (secondary N) is 1. The van der Waals surface area contributed by atoms with Crippen molar-refractivity contribution in [1.29, 1.82) is 0 Å².